The Morgan fingerprint density at radius 3 is 2.82 bits per heavy atom. The van der Waals surface area contributed by atoms with E-state index in [2.05, 4.69) is 21.2 Å². The number of aliphatic hydroxyl groups excluding tert-OH is 1. The third-order valence-electron chi connectivity index (χ3n) is 2.30. The molecule has 0 spiro atoms. The molecule has 0 heterocycles. The van der Waals surface area contributed by atoms with Crippen LogP contribution in [0.15, 0.2) is 22.7 Å². The van der Waals surface area contributed by atoms with Gasteiger partial charge in [-0.25, -0.2) is 0 Å². The maximum atomic E-state index is 10.8. The van der Waals surface area contributed by atoms with Crippen molar-refractivity contribution < 1.29 is 10.0 Å². The smallest absolute Gasteiger partial charge is 0.293 e. The second kappa shape index (κ2) is 5.95. The van der Waals surface area contributed by atoms with E-state index in [0.29, 0.717) is 10.2 Å². The molecule has 94 valence electrons. The van der Waals surface area contributed by atoms with E-state index in [1.54, 1.807) is 19.1 Å². The van der Waals surface area contributed by atoms with Gasteiger partial charge in [0.25, 0.3) is 5.69 Å². The standard InChI is InChI=1S/C10H14BrN3O3/c1-6(15)8(12)5-13-9-3-2-7(11)4-10(9)14(16)17/h2-4,6,8,13,15H,5,12H2,1H3. The zero-order valence-corrected chi connectivity index (χ0v) is 10.8. The number of nitrogens with zero attached hydrogens (tertiary/aromatic N) is 1. The van der Waals surface area contributed by atoms with Gasteiger partial charge in [0.05, 0.1) is 11.0 Å². The van der Waals surface area contributed by atoms with Crippen molar-refractivity contribution in [3.8, 4) is 0 Å². The lowest BCUT2D eigenvalue weighted by atomic mass is 10.2. The minimum absolute atomic E-state index is 0.0304. The molecule has 2 atom stereocenters. The molecule has 0 saturated carbocycles. The summed E-state index contributed by atoms with van der Waals surface area (Å²) >= 11 is 3.17. The molecule has 0 amide bonds. The van der Waals surface area contributed by atoms with Crippen LogP contribution in [0.4, 0.5) is 11.4 Å². The number of hydrogen-bond donors (Lipinski definition) is 3. The Hall–Kier alpha value is -1.18. The molecule has 17 heavy (non-hydrogen) atoms. The monoisotopic (exact) mass is 303 g/mol. The molecule has 1 rings (SSSR count). The highest BCUT2D eigenvalue weighted by molar-refractivity contribution is 9.10. The van der Waals surface area contributed by atoms with Gasteiger partial charge in [-0.3, -0.25) is 10.1 Å². The summed E-state index contributed by atoms with van der Waals surface area (Å²) in [6, 6.07) is 4.23. The molecular formula is C10H14BrN3O3. The van der Waals surface area contributed by atoms with E-state index in [0.717, 1.165) is 0 Å². The molecule has 1 aromatic rings. The minimum Gasteiger partial charge on any atom is -0.392 e. The number of rotatable bonds is 5. The van der Waals surface area contributed by atoms with Gasteiger partial charge < -0.3 is 16.2 Å². The summed E-state index contributed by atoms with van der Waals surface area (Å²) in [6.07, 6.45) is -0.669. The molecule has 1 aromatic carbocycles. The van der Waals surface area contributed by atoms with Crippen molar-refractivity contribution in [3.63, 3.8) is 0 Å². The van der Waals surface area contributed by atoms with E-state index >= 15 is 0 Å². The Bertz CT molecular complexity index is 412. The highest BCUT2D eigenvalue weighted by Gasteiger charge is 2.15. The predicted octanol–water partition coefficient (Wildman–Crippen LogP) is 1.48. The number of nitrogens with one attached hydrogen (secondary N) is 1. The van der Waals surface area contributed by atoms with Gasteiger partial charge in [0.15, 0.2) is 0 Å². The number of nitro groups is 1. The van der Waals surface area contributed by atoms with Gasteiger partial charge in [0.1, 0.15) is 5.69 Å². The second-order valence-electron chi connectivity index (χ2n) is 3.70. The zero-order valence-electron chi connectivity index (χ0n) is 9.26. The maximum absolute atomic E-state index is 10.8. The SMILES string of the molecule is CC(O)C(N)CNc1ccc(Br)cc1[N+](=O)[O-]. The first kappa shape index (κ1) is 13.9. The predicted molar refractivity (Wildman–Crippen MR) is 68.9 cm³/mol. The topological polar surface area (TPSA) is 101 Å². The van der Waals surface area contributed by atoms with Gasteiger partial charge in [-0.05, 0) is 19.1 Å². The van der Waals surface area contributed by atoms with Crippen molar-refractivity contribution in [2.75, 3.05) is 11.9 Å². The molecular weight excluding hydrogens is 290 g/mol. The van der Waals surface area contributed by atoms with Crippen molar-refractivity contribution in [1.29, 1.82) is 0 Å². The maximum Gasteiger partial charge on any atom is 0.293 e. The Balaban J connectivity index is 2.80. The number of anilines is 1. The molecule has 2 unspecified atom stereocenters. The lowest BCUT2D eigenvalue weighted by Gasteiger charge is -2.16. The van der Waals surface area contributed by atoms with Gasteiger partial charge >= 0.3 is 0 Å². The van der Waals surface area contributed by atoms with E-state index in [1.165, 1.54) is 6.07 Å². The average molecular weight is 304 g/mol. The summed E-state index contributed by atoms with van der Waals surface area (Å²) in [5, 5.41) is 22.9. The molecule has 7 heteroatoms. The van der Waals surface area contributed by atoms with E-state index < -0.39 is 17.1 Å². The van der Waals surface area contributed by atoms with Crippen LogP contribution in [0, 0.1) is 10.1 Å². The van der Waals surface area contributed by atoms with Crippen LogP contribution in [-0.4, -0.2) is 28.7 Å². The lowest BCUT2D eigenvalue weighted by Crippen LogP contribution is -2.38. The fourth-order valence-electron chi connectivity index (χ4n) is 1.20. The average Bonchev–Trinajstić information content (AvgIpc) is 2.26. The summed E-state index contributed by atoms with van der Waals surface area (Å²) in [4.78, 5) is 10.3. The number of aliphatic hydroxyl groups is 1. The number of halogens is 1. The molecule has 4 N–H and O–H groups in total. The molecule has 0 aliphatic carbocycles. The quantitative estimate of drug-likeness (QED) is 0.565. The zero-order chi connectivity index (χ0) is 13.0. The first-order valence-electron chi connectivity index (χ1n) is 5.03. The molecule has 0 aliphatic heterocycles. The van der Waals surface area contributed by atoms with Crippen LogP contribution in [0.1, 0.15) is 6.92 Å². The Labute approximate surface area is 107 Å². The van der Waals surface area contributed by atoms with Crippen molar-refractivity contribution in [2.45, 2.75) is 19.1 Å². The second-order valence-corrected chi connectivity index (χ2v) is 4.62. The number of nitro benzene ring substituents is 1. The summed E-state index contributed by atoms with van der Waals surface area (Å²) in [7, 11) is 0. The van der Waals surface area contributed by atoms with E-state index in [-0.39, 0.29) is 12.2 Å². The molecule has 0 aliphatic rings. The van der Waals surface area contributed by atoms with Crippen LogP contribution < -0.4 is 11.1 Å². The van der Waals surface area contributed by atoms with Crippen LogP contribution in [0.25, 0.3) is 0 Å². The lowest BCUT2D eigenvalue weighted by molar-refractivity contribution is -0.384. The van der Waals surface area contributed by atoms with Gasteiger partial charge in [0, 0.05) is 23.1 Å². The van der Waals surface area contributed by atoms with Crippen molar-refractivity contribution in [3.05, 3.63) is 32.8 Å². The van der Waals surface area contributed by atoms with E-state index in [1.807, 2.05) is 0 Å². The number of hydrogen-bond acceptors (Lipinski definition) is 5. The molecule has 6 nitrogen and oxygen atoms in total. The fraction of sp³-hybridized carbons (Fsp3) is 0.400. The van der Waals surface area contributed by atoms with Gasteiger partial charge in [-0.1, -0.05) is 15.9 Å². The van der Waals surface area contributed by atoms with Gasteiger partial charge in [0.2, 0.25) is 0 Å². The van der Waals surface area contributed by atoms with Gasteiger partial charge in [-0.2, -0.15) is 0 Å². The van der Waals surface area contributed by atoms with Crippen LogP contribution in [0.3, 0.4) is 0 Å². The van der Waals surface area contributed by atoms with Crippen LogP contribution in [0.5, 0.6) is 0 Å². The Morgan fingerprint density at radius 2 is 2.29 bits per heavy atom. The first-order chi connectivity index (χ1) is 7.91. The molecule has 0 radical (unpaired) electrons. The third-order valence-corrected chi connectivity index (χ3v) is 2.80. The van der Waals surface area contributed by atoms with E-state index in [9.17, 15) is 15.2 Å². The largest absolute Gasteiger partial charge is 0.392 e. The molecule has 0 fully saturated rings. The number of nitrogens with two attached hydrogens (primary N) is 1. The highest BCUT2D eigenvalue weighted by Crippen LogP contribution is 2.27. The van der Waals surface area contributed by atoms with Gasteiger partial charge in [-0.15, -0.1) is 0 Å². The van der Waals surface area contributed by atoms with Crippen molar-refractivity contribution in [1.82, 2.24) is 0 Å². The summed E-state index contributed by atoms with van der Waals surface area (Å²) < 4.78 is 0.634. The van der Waals surface area contributed by atoms with Crippen LogP contribution >= 0.6 is 15.9 Å². The fourth-order valence-corrected chi connectivity index (χ4v) is 1.55. The molecule has 0 saturated heterocycles. The summed E-state index contributed by atoms with van der Waals surface area (Å²) in [5.41, 5.74) is 5.98. The number of benzene rings is 1. The van der Waals surface area contributed by atoms with Crippen LogP contribution in [0.2, 0.25) is 0 Å². The van der Waals surface area contributed by atoms with Crippen molar-refractivity contribution >= 4 is 27.3 Å². The Morgan fingerprint density at radius 1 is 1.65 bits per heavy atom. The first-order valence-corrected chi connectivity index (χ1v) is 5.82. The highest BCUT2D eigenvalue weighted by atomic mass is 79.9. The van der Waals surface area contributed by atoms with E-state index in [4.69, 9.17) is 5.73 Å². The molecule has 0 bridgehead atoms. The summed E-state index contributed by atoms with van der Waals surface area (Å²) in [5.74, 6) is 0. The minimum atomic E-state index is -0.669. The third kappa shape index (κ3) is 3.95. The molecule has 0 aromatic heterocycles. The normalized spacial score (nSPS) is 14.1. The Kier molecular flexibility index (Phi) is 4.86. The summed E-state index contributed by atoms with van der Waals surface area (Å²) in [6.45, 7) is 1.84. The van der Waals surface area contributed by atoms with Crippen LogP contribution in [-0.2, 0) is 0 Å². The van der Waals surface area contributed by atoms with Crippen molar-refractivity contribution in [2.24, 2.45) is 5.73 Å².